The zero-order valence-corrected chi connectivity index (χ0v) is 11.3. The highest BCUT2D eigenvalue weighted by molar-refractivity contribution is 5.81. The van der Waals surface area contributed by atoms with Gasteiger partial charge in [0.1, 0.15) is 5.78 Å². The van der Waals surface area contributed by atoms with Crippen molar-refractivity contribution in [2.75, 3.05) is 20.3 Å². The Bertz CT molecular complexity index is 263. The van der Waals surface area contributed by atoms with E-state index in [0.29, 0.717) is 29.7 Å². The van der Waals surface area contributed by atoms with Crippen molar-refractivity contribution < 1.29 is 9.53 Å². The molecule has 0 aliphatic carbocycles. The summed E-state index contributed by atoms with van der Waals surface area (Å²) in [6.07, 6.45) is 3.82. The predicted octanol–water partition coefficient (Wildman–Crippen LogP) is 2.10. The molecule has 0 aromatic rings. The highest BCUT2D eigenvalue weighted by Gasteiger charge is 2.38. The third-order valence-electron chi connectivity index (χ3n) is 4.31. The van der Waals surface area contributed by atoms with E-state index in [-0.39, 0.29) is 0 Å². The quantitative estimate of drug-likeness (QED) is 0.752. The smallest absolute Gasteiger partial charge is 0.136 e. The molecule has 0 N–H and O–H groups in total. The normalized spacial score (nSPS) is 34.0. The van der Waals surface area contributed by atoms with Crippen molar-refractivity contribution in [3.05, 3.63) is 0 Å². The fourth-order valence-electron chi connectivity index (χ4n) is 2.99. The molecule has 0 aromatic carbocycles. The van der Waals surface area contributed by atoms with E-state index in [9.17, 15) is 4.79 Å². The maximum absolute atomic E-state index is 12.2. The Morgan fingerprint density at radius 2 is 1.88 bits per heavy atom. The number of likely N-dealkylation sites (N-methyl/N-ethyl adjacent to an activating group) is 1. The number of carbonyl (C=O) groups excluding carboxylic acids is 1. The van der Waals surface area contributed by atoms with Crippen LogP contribution in [-0.4, -0.2) is 43.0 Å². The van der Waals surface area contributed by atoms with Gasteiger partial charge in [-0.05, 0) is 32.2 Å². The number of hydrogen-bond donors (Lipinski definition) is 0. The molecule has 2 aliphatic rings. The van der Waals surface area contributed by atoms with Gasteiger partial charge in [0, 0.05) is 24.4 Å². The number of ether oxygens (including phenoxy) is 1. The van der Waals surface area contributed by atoms with Crippen LogP contribution in [0.15, 0.2) is 0 Å². The van der Waals surface area contributed by atoms with Crippen LogP contribution in [0, 0.1) is 11.8 Å². The molecular weight excluding hydrogens is 214 g/mol. The third-order valence-corrected chi connectivity index (χ3v) is 4.31. The molecule has 2 unspecified atom stereocenters. The van der Waals surface area contributed by atoms with E-state index in [0.717, 1.165) is 38.9 Å². The van der Waals surface area contributed by atoms with Crippen molar-refractivity contribution in [2.24, 2.45) is 11.8 Å². The molecule has 2 aliphatic heterocycles. The molecule has 2 bridgehead atoms. The third kappa shape index (κ3) is 3.08. The van der Waals surface area contributed by atoms with E-state index in [1.807, 2.05) is 0 Å². The summed E-state index contributed by atoms with van der Waals surface area (Å²) >= 11 is 0. The maximum atomic E-state index is 12.2. The molecule has 98 valence electrons. The molecule has 3 heteroatoms. The van der Waals surface area contributed by atoms with Gasteiger partial charge in [-0.2, -0.15) is 0 Å². The second-order valence-electron chi connectivity index (χ2n) is 6.08. The summed E-state index contributed by atoms with van der Waals surface area (Å²) in [5, 5.41) is 0. The summed E-state index contributed by atoms with van der Waals surface area (Å²) in [7, 11) is 2.17. The van der Waals surface area contributed by atoms with Gasteiger partial charge in [0.25, 0.3) is 0 Å². The summed E-state index contributed by atoms with van der Waals surface area (Å²) in [4.78, 5) is 14.6. The monoisotopic (exact) mass is 239 g/mol. The van der Waals surface area contributed by atoms with Crippen molar-refractivity contribution in [3.8, 4) is 0 Å². The largest absolute Gasteiger partial charge is 0.378 e. The van der Waals surface area contributed by atoms with E-state index in [1.54, 1.807) is 0 Å². The van der Waals surface area contributed by atoms with Gasteiger partial charge in [0.15, 0.2) is 0 Å². The molecular formula is C14H25NO2. The lowest BCUT2D eigenvalue weighted by atomic mass is 9.81. The van der Waals surface area contributed by atoms with Gasteiger partial charge in [-0.25, -0.2) is 0 Å². The molecule has 0 amide bonds. The number of piperidine rings is 1. The lowest BCUT2D eigenvalue weighted by molar-refractivity contribution is -0.131. The van der Waals surface area contributed by atoms with Gasteiger partial charge in [0.2, 0.25) is 0 Å². The van der Waals surface area contributed by atoms with Crippen LogP contribution in [0.5, 0.6) is 0 Å². The predicted molar refractivity (Wildman–Crippen MR) is 68.0 cm³/mol. The van der Waals surface area contributed by atoms with Crippen molar-refractivity contribution in [2.45, 2.75) is 51.6 Å². The fourth-order valence-corrected chi connectivity index (χ4v) is 2.99. The lowest BCUT2D eigenvalue weighted by Crippen LogP contribution is -2.55. The zero-order valence-electron chi connectivity index (χ0n) is 11.3. The van der Waals surface area contributed by atoms with Crippen LogP contribution in [0.2, 0.25) is 0 Å². The molecule has 2 atom stereocenters. The number of rotatable bonds is 4. The first-order chi connectivity index (χ1) is 8.08. The average molecular weight is 239 g/mol. The Hall–Kier alpha value is -0.410. The minimum Gasteiger partial charge on any atom is -0.378 e. The molecule has 2 saturated heterocycles. The van der Waals surface area contributed by atoms with Gasteiger partial charge in [-0.15, -0.1) is 0 Å². The van der Waals surface area contributed by atoms with Gasteiger partial charge in [0.05, 0.1) is 13.2 Å². The van der Waals surface area contributed by atoms with Crippen LogP contribution in [0.25, 0.3) is 0 Å². The molecule has 0 aromatic heterocycles. The maximum Gasteiger partial charge on any atom is 0.136 e. The van der Waals surface area contributed by atoms with Crippen LogP contribution in [0.3, 0.4) is 0 Å². The van der Waals surface area contributed by atoms with Crippen LogP contribution >= 0.6 is 0 Å². The van der Waals surface area contributed by atoms with E-state index in [4.69, 9.17) is 4.74 Å². The Morgan fingerprint density at radius 3 is 2.41 bits per heavy atom. The Kier molecular flexibility index (Phi) is 4.21. The lowest BCUT2D eigenvalue weighted by Gasteiger charge is -2.46. The summed E-state index contributed by atoms with van der Waals surface area (Å²) in [6, 6.07) is 0.936. The van der Waals surface area contributed by atoms with Crippen LogP contribution in [0.1, 0.15) is 39.5 Å². The highest BCUT2D eigenvalue weighted by atomic mass is 16.5. The minimum atomic E-state index is 0.295. The highest BCUT2D eigenvalue weighted by Crippen LogP contribution is 2.31. The molecule has 2 rings (SSSR count). The first-order valence-electron chi connectivity index (χ1n) is 6.90. The first-order valence-corrected chi connectivity index (χ1v) is 6.90. The number of carbonyl (C=O) groups is 1. The number of nitrogens with zero attached hydrogens (tertiary/aromatic N) is 1. The van der Waals surface area contributed by atoms with E-state index >= 15 is 0 Å². The van der Waals surface area contributed by atoms with Crippen LogP contribution in [0.4, 0.5) is 0 Å². The number of fused-ring (bicyclic) bond motifs is 2. The Balaban J connectivity index is 1.88. The number of morpholine rings is 1. The molecule has 0 radical (unpaired) electrons. The van der Waals surface area contributed by atoms with Crippen molar-refractivity contribution in [3.63, 3.8) is 0 Å². The number of Topliss-reactive ketones (excluding diaryl/α,β-unsaturated/α-hetero) is 1. The van der Waals surface area contributed by atoms with Crippen LogP contribution < -0.4 is 0 Å². The van der Waals surface area contributed by atoms with Gasteiger partial charge in [-0.3, -0.25) is 9.69 Å². The Labute approximate surface area is 105 Å². The van der Waals surface area contributed by atoms with E-state index in [1.165, 1.54) is 0 Å². The molecule has 0 saturated carbocycles. The van der Waals surface area contributed by atoms with E-state index < -0.39 is 0 Å². The second kappa shape index (κ2) is 5.49. The van der Waals surface area contributed by atoms with Crippen molar-refractivity contribution >= 4 is 5.78 Å². The fraction of sp³-hybridized carbons (Fsp3) is 0.929. The van der Waals surface area contributed by atoms with E-state index in [2.05, 4.69) is 25.8 Å². The molecule has 17 heavy (non-hydrogen) atoms. The zero-order chi connectivity index (χ0) is 12.4. The topological polar surface area (TPSA) is 29.5 Å². The summed E-state index contributed by atoms with van der Waals surface area (Å²) in [6.45, 7) is 5.98. The van der Waals surface area contributed by atoms with Gasteiger partial charge >= 0.3 is 0 Å². The standard InChI is InChI=1S/C14H25NO2/c1-10(2)4-5-14(16)11-6-12-8-17-9-13(7-11)15(12)3/h10-13H,4-9H2,1-3H3. The van der Waals surface area contributed by atoms with Gasteiger partial charge < -0.3 is 4.74 Å². The molecule has 2 heterocycles. The van der Waals surface area contributed by atoms with Crippen molar-refractivity contribution in [1.82, 2.24) is 4.90 Å². The number of ketones is 1. The molecule has 2 fully saturated rings. The summed E-state index contributed by atoms with van der Waals surface area (Å²) < 4.78 is 5.58. The van der Waals surface area contributed by atoms with Crippen molar-refractivity contribution in [1.29, 1.82) is 0 Å². The minimum absolute atomic E-state index is 0.295. The number of hydrogen-bond acceptors (Lipinski definition) is 3. The summed E-state index contributed by atoms with van der Waals surface area (Å²) in [5.74, 6) is 1.42. The van der Waals surface area contributed by atoms with Crippen LogP contribution in [-0.2, 0) is 9.53 Å². The second-order valence-corrected chi connectivity index (χ2v) is 6.08. The first kappa shape index (κ1) is 13.0. The SMILES string of the molecule is CC(C)CCC(=O)C1CC2COCC(C1)N2C. The Morgan fingerprint density at radius 1 is 1.29 bits per heavy atom. The summed E-state index contributed by atoms with van der Waals surface area (Å²) in [5.41, 5.74) is 0. The average Bonchev–Trinajstić information content (AvgIpc) is 2.25. The van der Waals surface area contributed by atoms with Gasteiger partial charge in [-0.1, -0.05) is 13.8 Å². The molecule has 3 nitrogen and oxygen atoms in total. The molecule has 0 spiro atoms.